The molecule has 0 spiro atoms. The molecule has 0 aromatic heterocycles. The Morgan fingerprint density at radius 2 is 1.88 bits per heavy atom. The van der Waals surface area contributed by atoms with E-state index in [0.717, 1.165) is 11.8 Å². The van der Waals surface area contributed by atoms with Gasteiger partial charge >= 0.3 is 5.97 Å². The van der Waals surface area contributed by atoms with E-state index in [1.807, 2.05) is 0 Å². The van der Waals surface area contributed by atoms with Crippen LogP contribution in [0.5, 0.6) is 0 Å². The maximum absolute atomic E-state index is 12.4. The molecule has 2 aliphatic rings. The summed E-state index contributed by atoms with van der Waals surface area (Å²) in [6.45, 7) is 3.84. The third-order valence-corrected chi connectivity index (χ3v) is 5.70. The minimum absolute atomic E-state index is 0.244. The van der Waals surface area contributed by atoms with Gasteiger partial charge in [-0.25, -0.2) is 13.2 Å². The average Bonchev–Trinajstić information content (AvgIpc) is 3.05. The lowest BCUT2D eigenvalue weighted by molar-refractivity contribution is -0.143. The fourth-order valence-corrected chi connectivity index (χ4v) is 4.12. The highest BCUT2D eigenvalue weighted by molar-refractivity contribution is 7.92. The summed E-state index contributed by atoms with van der Waals surface area (Å²) in [4.78, 5) is 26.3. The van der Waals surface area contributed by atoms with Crippen LogP contribution >= 0.6 is 0 Å². The number of anilines is 1. The number of carbonyl (C=O) groups excluding carboxylic acids is 2. The first kappa shape index (κ1) is 18.7. The number of hydrogen-bond donors (Lipinski definition) is 0. The molecule has 1 saturated heterocycles. The Labute approximate surface area is 152 Å². The monoisotopic (exact) mass is 382 g/mol. The van der Waals surface area contributed by atoms with E-state index in [1.54, 1.807) is 24.0 Å². The Hall–Kier alpha value is -2.13. The largest absolute Gasteiger partial charge is 0.449 e. The van der Waals surface area contributed by atoms with E-state index in [4.69, 9.17) is 9.47 Å². The van der Waals surface area contributed by atoms with Crippen molar-refractivity contribution < 1.29 is 27.5 Å². The summed E-state index contributed by atoms with van der Waals surface area (Å²) in [5, 5.41) is 0. The summed E-state index contributed by atoms with van der Waals surface area (Å²) in [7, 11) is -3.33. The predicted molar refractivity (Wildman–Crippen MR) is 94.6 cm³/mol. The summed E-state index contributed by atoms with van der Waals surface area (Å²) in [6.07, 6.45) is 0.802. The van der Waals surface area contributed by atoms with Gasteiger partial charge in [0.05, 0.1) is 30.7 Å². The third kappa shape index (κ3) is 3.83. The minimum atomic E-state index is -3.33. The Morgan fingerprint density at radius 1 is 1.19 bits per heavy atom. The second-order valence-corrected chi connectivity index (χ2v) is 8.32. The molecule has 142 valence electrons. The van der Waals surface area contributed by atoms with Crippen molar-refractivity contribution in [3.63, 3.8) is 0 Å². The molecule has 26 heavy (non-hydrogen) atoms. The fourth-order valence-electron chi connectivity index (χ4n) is 3.16. The van der Waals surface area contributed by atoms with E-state index in [1.165, 1.54) is 10.4 Å². The van der Waals surface area contributed by atoms with Gasteiger partial charge in [-0.15, -0.1) is 0 Å². The lowest BCUT2D eigenvalue weighted by atomic mass is 10.1. The van der Waals surface area contributed by atoms with Crippen LogP contribution in [0.2, 0.25) is 0 Å². The molecule has 1 aromatic rings. The highest BCUT2D eigenvalue weighted by Crippen LogP contribution is 2.31. The van der Waals surface area contributed by atoms with Gasteiger partial charge in [-0.1, -0.05) is 0 Å². The van der Waals surface area contributed by atoms with Gasteiger partial charge in [0.25, 0.3) is 5.91 Å². The molecule has 0 radical (unpaired) electrons. The summed E-state index contributed by atoms with van der Waals surface area (Å²) in [6, 6.07) is 4.76. The molecule has 8 nitrogen and oxygen atoms in total. The van der Waals surface area contributed by atoms with Gasteiger partial charge in [-0.2, -0.15) is 0 Å². The van der Waals surface area contributed by atoms with Crippen molar-refractivity contribution >= 4 is 27.6 Å². The molecule has 9 heteroatoms. The molecule has 2 heterocycles. The van der Waals surface area contributed by atoms with Crippen molar-refractivity contribution in [3.8, 4) is 0 Å². The number of nitrogens with zero attached hydrogens (tertiary/aromatic N) is 2. The van der Waals surface area contributed by atoms with Crippen molar-refractivity contribution in [2.45, 2.75) is 19.4 Å². The van der Waals surface area contributed by atoms with Crippen LogP contribution in [-0.2, 0) is 30.7 Å². The lowest BCUT2D eigenvalue weighted by Gasteiger charge is -2.29. The molecule has 3 rings (SSSR count). The van der Waals surface area contributed by atoms with Gasteiger partial charge in [-0.05, 0) is 37.1 Å². The van der Waals surface area contributed by atoms with E-state index >= 15 is 0 Å². The summed E-state index contributed by atoms with van der Waals surface area (Å²) >= 11 is 0. The number of esters is 1. The highest BCUT2D eigenvalue weighted by atomic mass is 32.2. The van der Waals surface area contributed by atoms with Crippen molar-refractivity contribution in [2.24, 2.45) is 0 Å². The van der Waals surface area contributed by atoms with E-state index in [0.29, 0.717) is 50.5 Å². The van der Waals surface area contributed by atoms with Gasteiger partial charge in [0.15, 0.2) is 6.10 Å². The number of morpholine rings is 1. The zero-order valence-electron chi connectivity index (χ0n) is 14.8. The van der Waals surface area contributed by atoms with E-state index in [-0.39, 0.29) is 5.91 Å². The molecular weight excluding hydrogens is 360 g/mol. The third-order valence-electron chi connectivity index (χ3n) is 4.52. The highest BCUT2D eigenvalue weighted by Gasteiger charge is 2.29. The van der Waals surface area contributed by atoms with Crippen molar-refractivity contribution in [1.29, 1.82) is 0 Å². The lowest BCUT2D eigenvalue weighted by Crippen LogP contribution is -2.46. The van der Waals surface area contributed by atoms with Crippen LogP contribution in [0.3, 0.4) is 0 Å². The molecule has 1 fully saturated rings. The number of ether oxygens (including phenoxy) is 2. The van der Waals surface area contributed by atoms with Crippen LogP contribution in [-0.4, -0.2) is 70.4 Å². The molecule has 0 saturated carbocycles. The van der Waals surface area contributed by atoms with Crippen LogP contribution in [0.4, 0.5) is 5.69 Å². The number of amides is 1. The molecule has 1 aromatic carbocycles. The Balaban J connectivity index is 1.68. The first-order valence-corrected chi connectivity index (χ1v) is 10.3. The zero-order valence-corrected chi connectivity index (χ0v) is 15.6. The predicted octanol–water partition coefficient (Wildman–Crippen LogP) is 0.413. The molecular formula is C17H22N2O6S. The first-order valence-electron chi connectivity index (χ1n) is 8.45. The second-order valence-electron chi connectivity index (χ2n) is 6.41. The van der Waals surface area contributed by atoms with E-state index < -0.39 is 22.1 Å². The quantitative estimate of drug-likeness (QED) is 0.701. The van der Waals surface area contributed by atoms with Crippen molar-refractivity contribution in [1.82, 2.24) is 4.90 Å². The molecule has 2 aliphatic heterocycles. The maximum atomic E-state index is 12.4. The summed E-state index contributed by atoms with van der Waals surface area (Å²) in [5.74, 6) is -0.842. The number of fused-ring (bicyclic) bond motifs is 1. The Morgan fingerprint density at radius 3 is 2.54 bits per heavy atom. The van der Waals surface area contributed by atoms with Crippen LogP contribution in [0.25, 0.3) is 0 Å². The standard InChI is InChI=1S/C17H22N2O6S/c1-12(16(20)18-7-9-24-10-8-18)25-17(21)14-3-4-15-13(11-14)5-6-19(15)26(2,22)23/h3-4,11-12H,5-10H2,1-2H3. The van der Waals surface area contributed by atoms with E-state index in [2.05, 4.69) is 0 Å². The van der Waals surface area contributed by atoms with Gasteiger partial charge < -0.3 is 14.4 Å². The zero-order chi connectivity index (χ0) is 18.9. The number of sulfonamides is 1. The van der Waals surface area contributed by atoms with Gasteiger partial charge in [0, 0.05) is 19.6 Å². The molecule has 1 atom stereocenters. The molecule has 1 unspecified atom stereocenters. The number of benzene rings is 1. The van der Waals surface area contributed by atoms with Crippen LogP contribution in [0, 0.1) is 0 Å². The van der Waals surface area contributed by atoms with Crippen molar-refractivity contribution in [2.75, 3.05) is 43.4 Å². The van der Waals surface area contributed by atoms with Gasteiger partial charge in [0.1, 0.15) is 0 Å². The first-order chi connectivity index (χ1) is 12.3. The van der Waals surface area contributed by atoms with Crippen molar-refractivity contribution in [3.05, 3.63) is 29.3 Å². The minimum Gasteiger partial charge on any atom is -0.449 e. The second kappa shape index (κ2) is 7.24. The van der Waals surface area contributed by atoms with Crippen LogP contribution < -0.4 is 4.31 Å². The number of rotatable bonds is 4. The molecule has 0 N–H and O–H groups in total. The smallest absolute Gasteiger partial charge is 0.338 e. The average molecular weight is 382 g/mol. The normalized spacial score (nSPS) is 18.4. The van der Waals surface area contributed by atoms with Crippen LogP contribution in [0.1, 0.15) is 22.8 Å². The Bertz CT molecular complexity index is 817. The Kier molecular flexibility index (Phi) is 5.19. The number of hydrogen-bond acceptors (Lipinski definition) is 6. The van der Waals surface area contributed by atoms with Crippen LogP contribution in [0.15, 0.2) is 18.2 Å². The summed E-state index contributed by atoms with van der Waals surface area (Å²) in [5.41, 5.74) is 1.67. The summed E-state index contributed by atoms with van der Waals surface area (Å²) < 4.78 is 35.4. The molecule has 0 aliphatic carbocycles. The number of carbonyl (C=O) groups is 2. The topological polar surface area (TPSA) is 93.2 Å². The maximum Gasteiger partial charge on any atom is 0.338 e. The van der Waals surface area contributed by atoms with Gasteiger partial charge in [0.2, 0.25) is 10.0 Å². The molecule has 1 amide bonds. The SMILES string of the molecule is CC(OC(=O)c1ccc2c(c1)CCN2S(C)(=O)=O)C(=O)N1CCOCC1. The fraction of sp³-hybridized carbons (Fsp3) is 0.529. The molecule has 0 bridgehead atoms. The van der Waals surface area contributed by atoms with Gasteiger partial charge in [-0.3, -0.25) is 9.10 Å². The van der Waals surface area contributed by atoms with E-state index in [9.17, 15) is 18.0 Å².